The van der Waals surface area contributed by atoms with Gasteiger partial charge in [-0.2, -0.15) is 0 Å². The molecule has 0 amide bonds. The Bertz CT molecular complexity index is 123. The Morgan fingerprint density at radius 1 is 1.08 bits per heavy atom. The van der Waals surface area contributed by atoms with Crippen LogP contribution in [0.3, 0.4) is 0 Å². The highest BCUT2D eigenvalue weighted by molar-refractivity contribution is 6.72. The van der Waals surface area contributed by atoms with Gasteiger partial charge < -0.3 is 4.43 Å². The Morgan fingerprint density at radius 2 is 1.58 bits per heavy atom. The van der Waals surface area contributed by atoms with E-state index in [1.807, 2.05) is 0 Å². The van der Waals surface area contributed by atoms with Crippen LogP contribution in [0, 0.1) is 0 Å². The van der Waals surface area contributed by atoms with E-state index in [0.717, 1.165) is 12.0 Å². The second kappa shape index (κ2) is 5.03. The van der Waals surface area contributed by atoms with Crippen molar-refractivity contribution >= 4 is 8.32 Å². The summed E-state index contributed by atoms with van der Waals surface area (Å²) in [4.78, 5) is 0. The highest BCUT2D eigenvalue weighted by atomic mass is 28.4. The minimum absolute atomic E-state index is 0.445. The molecule has 1 nitrogen and oxygen atoms in total. The predicted octanol–water partition coefficient (Wildman–Crippen LogP) is 3.81. The van der Waals surface area contributed by atoms with E-state index in [-0.39, 0.29) is 0 Å². The van der Waals surface area contributed by atoms with Gasteiger partial charge in [0, 0.05) is 6.10 Å². The summed E-state index contributed by atoms with van der Waals surface area (Å²) in [6.45, 7) is 13.6. The summed E-state index contributed by atoms with van der Waals surface area (Å²) in [6, 6.07) is 0. The van der Waals surface area contributed by atoms with Crippen LogP contribution >= 0.6 is 0 Å². The van der Waals surface area contributed by atoms with Gasteiger partial charge in [-0.1, -0.05) is 27.2 Å². The lowest BCUT2D eigenvalue weighted by atomic mass is 10.3. The Kier molecular flexibility index (Phi) is 5.10. The van der Waals surface area contributed by atoms with Crippen LogP contribution in [0.4, 0.5) is 0 Å². The van der Waals surface area contributed by atoms with Crippen molar-refractivity contribution in [2.75, 3.05) is 0 Å². The molecular formula is C10H24OSi. The van der Waals surface area contributed by atoms with E-state index in [9.17, 15) is 0 Å². The van der Waals surface area contributed by atoms with Crippen molar-refractivity contribution in [2.24, 2.45) is 0 Å². The van der Waals surface area contributed by atoms with Crippen molar-refractivity contribution in [1.82, 2.24) is 0 Å². The summed E-state index contributed by atoms with van der Waals surface area (Å²) < 4.78 is 6.08. The van der Waals surface area contributed by atoms with Gasteiger partial charge in [-0.05, 0) is 32.0 Å². The molecular weight excluding hydrogens is 164 g/mol. The van der Waals surface area contributed by atoms with Crippen LogP contribution in [0.5, 0.6) is 0 Å². The van der Waals surface area contributed by atoms with Gasteiger partial charge in [0.25, 0.3) is 0 Å². The SMILES string of the molecule is CCC(C)O[Si](C)(C)C(C)CC. The predicted molar refractivity (Wildman–Crippen MR) is 58.0 cm³/mol. The van der Waals surface area contributed by atoms with Gasteiger partial charge in [-0.15, -0.1) is 0 Å². The summed E-state index contributed by atoms with van der Waals surface area (Å²) in [6.07, 6.45) is 2.82. The first kappa shape index (κ1) is 12.2. The third-order valence-corrected chi connectivity index (χ3v) is 6.67. The molecule has 0 N–H and O–H groups in total. The molecule has 0 heterocycles. The molecule has 0 aromatic heterocycles. The monoisotopic (exact) mass is 188 g/mol. The van der Waals surface area contributed by atoms with Crippen molar-refractivity contribution in [1.29, 1.82) is 0 Å². The lowest BCUT2D eigenvalue weighted by Crippen LogP contribution is -2.38. The lowest BCUT2D eigenvalue weighted by Gasteiger charge is -2.31. The molecule has 0 aliphatic carbocycles. The van der Waals surface area contributed by atoms with Crippen molar-refractivity contribution < 1.29 is 4.43 Å². The van der Waals surface area contributed by atoms with Crippen molar-refractivity contribution in [3.8, 4) is 0 Å². The first-order chi connectivity index (χ1) is 5.44. The first-order valence-electron chi connectivity index (χ1n) is 5.11. The zero-order valence-corrected chi connectivity index (χ0v) is 10.5. The zero-order chi connectivity index (χ0) is 9.78. The first-order valence-corrected chi connectivity index (χ1v) is 8.10. The molecule has 2 unspecified atom stereocenters. The standard InChI is InChI=1S/C10H24OSi/c1-7-9(3)11-12(5,6)10(4)8-2/h9-10H,7-8H2,1-6H3. The van der Waals surface area contributed by atoms with Gasteiger partial charge in [0.15, 0.2) is 8.32 Å². The van der Waals surface area contributed by atoms with Crippen molar-refractivity contribution in [3.63, 3.8) is 0 Å². The largest absolute Gasteiger partial charge is 0.415 e. The summed E-state index contributed by atoms with van der Waals surface area (Å²) in [5.74, 6) is 0. The van der Waals surface area contributed by atoms with E-state index in [4.69, 9.17) is 4.43 Å². The summed E-state index contributed by atoms with van der Waals surface area (Å²) in [5.41, 5.74) is 0.770. The Morgan fingerprint density at radius 3 is 1.92 bits per heavy atom. The van der Waals surface area contributed by atoms with Gasteiger partial charge in [0.1, 0.15) is 0 Å². The molecule has 0 aliphatic heterocycles. The molecule has 0 saturated heterocycles. The van der Waals surface area contributed by atoms with E-state index in [1.165, 1.54) is 6.42 Å². The quantitative estimate of drug-likeness (QED) is 0.596. The fraction of sp³-hybridized carbons (Fsp3) is 1.00. The molecule has 0 saturated carbocycles. The number of rotatable bonds is 5. The maximum Gasteiger partial charge on any atom is 0.189 e. The van der Waals surface area contributed by atoms with Crippen molar-refractivity contribution in [2.45, 2.75) is 65.3 Å². The minimum atomic E-state index is -1.39. The normalized spacial score (nSPS) is 17.5. The second-order valence-corrected chi connectivity index (χ2v) is 8.68. The zero-order valence-electron chi connectivity index (χ0n) is 9.48. The molecule has 12 heavy (non-hydrogen) atoms. The third-order valence-electron chi connectivity index (χ3n) is 2.88. The van der Waals surface area contributed by atoms with Gasteiger partial charge in [-0.3, -0.25) is 0 Å². The average molecular weight is 188 g/mol. The summed E-state index contributed by atoms with van der Waals surface area (Å²) in [5, 5.41) is 0. The topological polar surface area (TPSA) is 9.23 Å². The van der Waals surface area contributed by atoms with E-state index < -0.39 is 8.32 Å². The summed E-state index contributed by atoms with van der Waals surface area (Å²) >= 11 is 0. The molecule has 0 aromatic carbocycles. The smallest absolute Gasteiger partial charge is 0.189 e. The van der Waals surface area contributed by atoms with Gasteiger partial charge in [-0.25, -0.2) is 0 Å². The number of hydrogen-bond donors (Lipinski definition) is 0. The van der Waals surface area contributed by atoms with Crippen LogP contribution in [0.2, 0.25) is 18.6 Å². The van der Waals surface area contributed by atoms with Gasteiger partial charge in [0.05, 0.1) is 0 Å². The van der Waals surface area contributed by atoms with Crippen molar-refractivity contribution in [3.05, 3.63) is 0 Å². The molecule has 74 valence electrons. The van der Waals surface area contributed by atoms with Gasteiger partial charge in [0.2, 0.25) is 0 Å². The second-order valence-electron chi connectivity index (χ2n) is 4.25. The molecule has 0 spiro atoms. The van der Waals surface area contributed by atoms with Crippen LogP contribution in [0.1, 0.15) is 40.5 Å². The Hall–Kier alpha value is 0.177. The Balaban J connectivity index is 4.02. The average Bonchev–Trinajstić information content (AvgIpc) is 2.02. The summed E-state index contributed by atoms with van der Waals surface area (Å²) in [7, 11) is -1.39. The highest BCUT2D eigenvalue weighted by Crippen LogP contribution is 2.27. The maximum absolute atomic E-state index is 6.08. The molecule has 0 radical (unpaired) electrons. The molecule has 2 atom stereocenters. The third kappa shape index (κ3) is 3.72. The van der Waals surface area contributed by atoms with Crippen LogP contribution in [-0.2, 0) is 4.43 Å². The molecule has 0 aromatic rings. The van der Waals surface area contributed by atoms with E-state index >= 15 is 0 Å². The van der Waals surface area contributed by atoms with Crippen LogP contribution in [0.25, 0.3) is 0 Å². The van der Waals surface area contributed by atoms with Crippen LogP contribution in [-0.4, -0.2) is 14.4 Å². The Labute approximate surface area is 78.6 Å². The molecule has 2 heteroatoms. The fourth-order valence-electron chi connectivity index (χ4n) is 1.21. The van der Waals surface area contributed by atoms with Gasteiger partial charge >= 0.3 is 0 Å². The molecule has 0 rings (SSSR count). The van der Waals surface area contributed by atoms with E-state index in [0.29, 0.717) is 6.10 Å². The molecule has 0 aliphatic rings. The fourth-order valence-corrected chi connectivity index (χ4v) is 3.63. The van der Waals surface area contributed by atoms with Crippen LogP contribution in [0.15, 0.2) is 0 Å². The molecule has 0 fully saturated rings. The highest BCUT2D eigenvalue weighted by Gasteiger charge is 2.30. The van der Waals surface area contributed by atoms with Crippen LogP contribution < -0.4 is 0 Å². The number of hydrogen-bond acceptors (Lipinski definition) is 1. The lowest BCUT2D eigenvalue weighted by molar-refractivity contribution is 0.201. The molecule has 0 bridgehead atoms. The van der Waals surface area contributed by atoms with E-state index in [1.54, 1.807) is 0 Å². The minimum Gasteiger partial charge on any atom is -0.415 e. The maximum atomic E-state index is 6.08. The van der Waals surface area contributed by atoms with E-state index in [2.05, 4.69) is 40.8 Å².